The van der Waals surface area contributed by atoms with E-state index in [1.54, 1.807) is 23.1 Å². The monoisotopic (exact) mass is 327 g/mol. The van der Waals surface area contributed by atoms with E-state index in [1.165, 1.54) is 6.07 Å². The van der Waals surface area contributed by atoms with Crippen LogP contribution in [0, 0.1) is 16.0 Å². The maximum Gasteiger partial charge on any atom is 0.273 e. The molecule has 0 radical (unpaired) electrons. The number of piperidine rings is 1. The number of nitrogens with zero attached hydrogens (tertiary/aromatic N) is 2. The molecule has 22 heavy (non-hydrogen) atoms. The van der Waals surface area contributed by atoms with Crippen molar-refractivity contribution in [3.63, 3.8) is 0 Å². The molecule has 1 aliphatic heterocycles. The first kappa shape index (κ1) is 18.4. The molecule has 7 heteroatoms. The number of nitrogens with two attached hydrogens (primary N) is 1. The first-order valence-corrected chi connectivity index (χ1v) is 7.26. The summed E-state index contributed by atoms with van der Waals surface area (Å²) in [6, 6.07) is 6.43. The molecular formula is C15H22ClN3O3. The number of nitro groups is 1. The van der Waals surface area contributed by atoms with Gasteiger partial charge in [0.25, 0.3) is 5.69 Å². The van der Waals surface area contributed by atoms with Crippen LogP contribution in [-0.2, 0) is 11.2 Å². The van der Waals surface area contributed by atoms with Gasteiger partial charge in [0.2, 0.25) is 5.91 Å². The molecule has 1 aromatic rings. The molecule has 6 nitrogen and oxygen atoms in total. The van der Waals surface area contributed by atoms with Gasteiger partial charge in [0, 0.05) is 30.8 Å². The average Bonchev–Trinajstić information content (AvgIpc) is 2.47. The minimum absolute atomic E-state index is 0. The highest BCUT2D eigenvalue weighted by Gasteiger charge is 2.31. The second-order valence-corrected chi connectivity index (χ2v) is 5.57. The topological polar surface area (TPSA) is 89.5 Å². The minimum atomic E-state index is -0.443. The molecule has 1 heterocycles. The fourth-order valence-corrected chi connectivity index (χ4v) is 3.02. The van der Waals surface area contributed by atoms with E-state index in [9.17, 15) is 14.9 Å². The number of hydrogen-bond donors (Lipinski definition) is 1. The third-order valence-electron chi connectivity index (χ3n) is 4.21. The van der Waals surface area contributed by atoms with Crippen LogP contribution < -0.4 is 5.73 Å². The molecule has 0 spiro atoms. The highest BCUT2D eigenvalue weighted by Crippen LogP contribution is 2.25. The van der Waals surface area contributed by atoms with Gasteiger partial charge in [-0.05, 0) is 18.8 Å². The van der Waals surface area contributed by atoms with Gasteiger partial charge >= 0.3 is 0 Å². The van der Waals surface area contributed by atoms with Crippen LogP contribution in [0.4, 0.5) is 5.69 Å². The second-order valence-electron chi connectivity index (χ2n) is 5.57. The van der Waals surface area contributed by atoms with Crippen molar-refractivity contribution >= 4 is 24.0 Å². The number of carbonyl (C=O) groups excluding carboxylic acids is 1. The van der Waals surface area contributed by atoms with Gasteiger partial charge in [0.1, 0.15) is 0 Å². The summed E-state index contributed by atoms with van der Waals surface area (Å²) >= 11 is 0. The Hall–Kier alpha value is -1.66. The quantitative estimate of drug-likeness (QED) is 0.677. The maximum absolute atomic E-state index is 12.5. The Labute approximate surface area is 136 Å². The summed E-state index contributed by atoms with van der Waals surface area (Å²) in [5, 5.41) is 11.0. The van der Waals surface area contributed by atoms with Gasteiger partial charge in [-0.25, -0.2) is 0 Å². The molecule has 2 atom stereocenters. The Morgan fingerprint density at radius 1 is 1.45 bits per heavy atom. The Balaban J connectivity index is 0.00000242. The number of benzene rings is 1. The normalized spacial score (nSPS) is 21.1. The molecular weight excluding hydrogens is 306 g/mol. The van der Waals surface area contributed by atoms with E-state index in [-0.39, 0.29) is 36.5 Å². The van der Waals surface area contributed by atoms with Crippen molar-refractivity contribution in [3.05, 3.63) is 39.9 Å². The minimum Gasteiger partial charge on any atom is -0.338 e. The maximum atomic E-state index is 12.5. The van der Waals surface area contributed by atoms with Gasteiger partial charge in [-0.15, -0.1) is 12.4 Å². The zero-order valence-corrected chi connectivity index (χ0v) is 13.4. The predicted octanol–water partition coefficient (Wildman–Crippen LogP) is 2.14. The number of likely N-dealkylation sites (tertiary alicyclic amines) is 1. The Bertz CT molecular complexity index is 539. The van der Waals surface area contributed by atoms with Gasteiger partial charge in [-0.2, -0.15) is 0 Å². The lowest BCUT2D eigenvalue weighted by atomic mass is 9.90. The molecule has 0 aliphatic carbocycles. The van der Waals surface area contributed by atoms with E-state index < -0.39 is 4.92 Å². The largest absolute Gasteiger partial charge is 0.338 e. The third kappa shape index (κ3) is 3.96. The standard InChI is InChI=1S/C15H21N3O3.ClH/c1-11-5-4-8-17(14(11)10-16)15(19)9-12-6-2-3-7-13(12)18(20)21;/h2-3,6-7,11,14H,4-5,8-10,16H2,1H3;1H. The summed E-state index contributed by atoms with van der Waals surface area (Å²) < 4.78 is 0. The molecule has 1 aromatic carbocycles. The summed E-state index contributed by atoms with van der Waals surface area (Å²) in [5.41, 5.74) is 6.25. The third-order valence-corrected chi connectivity index (χ3v) is 4.21. The molecule has 2 N–H and O–H groups in total. The highest BCUT2D eigenvalue weighted by atomic mass is 35.5. The Kier molecular flexibility index (Phi) is 6.77. The fourth-order valence-electron chi connectivity index (χ4n) is 3.02. The summed E-state index contributed by atoms with van der Waals surface area (Å²) in [7, 11) is 0. The number of para-hydroxylation sites is 1. The number of halogens is 1. The lowest BCUT2D eigenvalue weighted by Crippen LogP contribution is -2.51. The lowest BCUT2D eigenvalue weighted by molar-refractivity contribution is -0.385. The number of carbonyl (C=O) groups is 1. The molecule has 122 valence electrons. The molecule has 0 saturated carbocycles. The van der Waals surface area contributed by atoms with Crippen molar-refractivity contribution in [2.24, 2.45) is 11.7 Å². The van der Waals surface area contributed by atoms with Crippen molar-refractivity contribution < 1.29 is 9.72 Å². The van der Waals surface area contributed by atoms with Gasteiger partial charge in [-0.1, -0.05) is 25.1 Å². The first-order chi connectivity index (χ1) is 10.0. The summed E-state index contributed by atoms with van der Waals surface area (Å²) in [5.74, 6) is 0.296. The number of nitro benzene ring substituents is 1. The summed E-state index contributed by atoms with van der Waals surface area (Å²) in [6.45, 7) is 3.22. The number of rotatable bonds is 4. The number of amides is 1. The Morgan fingerprint density at radius 2 is 2.14 bits per heavy atom. The van der Waals surface area contributed by atoms with Crippen LogP contribution in [0.2, 0.25) is 0 Å². The van der Waals surface area contributed by atoms with Gasteiger partial charge in [0.05, 0.1) is 11.3 Å². The molecule has 1 fully saturated rings. The molecule has 2 rings (SSSR count). The van der Waals surface area contributed by atoms with Crippen LogP contribution in [0.5, 0.6) is 0 Å². The predicted molar refractivity (Wildman–Crippen MR) is 87.0 cm³/mol. The second kappa shape index (κ2) is 8.10. The van der Waals surface area contributed by atoms with E-state index in [0.717, 1.165) is 12.8 Å². The highest BCUT2D eigenvalue weighted by molar-refractivity contribution is 5.85. The lowest BCUT2D eigenvalue weighted by Gasteiger charge is -2.39. The van der Waals surface area contributed by atoms with Crippen molar-refractivity contribution in [1.82, 2.24) is 4.90 Å². The SMILES string of the molecule is CC1CCCN(C(=O)Cc2ccccc2[N+](=O)[O-])C1CN.Cl. The molecule has 2 unspecified atom stereocenters. The molecule has 1 amide bonds. The molecule has 1 saturated heterocycles. The first-order valence-electron chi connectivity index (χ1n) is 7.26. The number of hydrogen-bond acceptors (Lipinski definition) is 4. The zero-order chi connectivity index (χ0) is 15.4. The van der Waals surface area contributed by atoms with Crippen LogP contribution in [0.25, 0.3) is 0 Å². The molecule has 0 aromatic heterocycles. The molecule has 0 bridgehead atoms. The van der Waals surface area contributed by atoms with E-state index in [2.05, 4.69) is 6.92 Å². The van der Waals surface area contributed by atoms with Crippen molar-refractivity contribution in [2.75, 3.05) is 13.1 Å². The van der Waals surface area contributed by atoms with Crippen LogP contribution >= 0.6 is 12.4 Å². The smallest absolute Gasteiger partial charge is 0.273 e. The van der Waals surface area contributed by atoms with Crippen molar-refractivity contribution in [3.8, 4) is 0 Å². The van der Waals surface area contributed by atoms with Gasteiger partial charge in [-0.3, -0.25) is 14.9 Å². The fraction of sp³-hybridized carbons (Fsp3) is 0.533. The zero-order valence-electron chi connectivity index (χ0n) is 12.6. The van der Waals surface area contributed by atoms with E-state index >= 15 is 0 Å². The van der Waals surface area contributed by atoms with Crippen molar-refractivity contribution in [2.45, 2.75) is 32.2 Å². The molecule has 1 aliphatic rings. The van der Waals surface area contributed by atoms with Crippen LogP contribution in [0.1, 0.15) is 25.3 Å². The van der Waals surface area contributed by atoms with Gasteiger partial charge in [0.15, 0.2) is 0 Å². The Morgan fingerprint density at radius 3 is 2.77 bits per heavy atom. The van der Waals surface area contributed by atoms with E-state index in [0.29, 0.717) is 24.6 Å². The summed E-state index contributed by atoms with van der Waals surface area (Å²) in [4.78, 5) is 24.9. The van der Waals surface area contributed by atoms with E-state index in [4.69, 9.17) is 5.73 Å². The van der Waals surface area contributed by atoms with E-state index in [1.807, 2.05) is 0 Å². The summed E-state index contributed by atoms with van der Waals surface area (Å²) in [6.07, 6.45) is 2.08. The van der Waals surface area contributed by atoms with Crippen molar-refractivity contribution in [1.29, 1.82) is 0 Å². The average molecular weight is 328 g/mol. The van der Waals surface area contributed by atoms with Crippen LogP contribution in [0.3, 0.4) is 0 Å². The van der Waals surface area contributed by atoms with Crippen LogP contribution in [0.15, 0.2) is 24.3 Å². The van der Waals surface area contributed by atoms with Gasteiger partial charge < -0.3 is 10.6 Å². The van der Waals surface area contributed by atoms with Crippen LogP contribution in [-0.4, -0.2) is 34.9 Å².